The zero-order valence-electron chi connectivity index (χ0n) is 7.73. The molecule has 0 unspecified atom stereocenters. The first-order chi connectivity index (χ1) is 6.74. The van der Waals surface area contributed by atoms with E-state index in [1.165, 1.54) is 11.3 Å². The molecule has 3 nitrogen and oxygen atoms in total. The Bertz CT molecular complexity index is 439. The van der Waals surface area contributed by atoms with Crippen LogP contribution in [0.3, 0.4) is 0 Å². The first-order valence-electron chi connectivity index (χ1n) is 4.19. The van der Waals surface area contributed by atoms with Crippen molar-refractivity contribution in [1.82, 2.24) is 4.98 Å². The molecular formula is C10H10N2OS. The van der Waals surface area contributed by atoms with Crippen molar-refractivity contribution < 1.29 is 4.74 Å². The summed E-state index contributed by atoms with van der Waals surface area (Å²) in [7, 11) is 0. The average molecular weight is 206 g/mol. The highest BCUT2D eigenvalue weighted by Gasteiger charge is 2.01. The van der Waals surface area contributed by atoms with Gasteiger partial charge >= 0.3 is 0 Å². The van der Waals surface area contributed by atoms with Gasteiger partial charge in [-0.3, -0.25) is 0 Å². The van der Waals surface area contributed by atoms with Gasteiger partial charge in [-0.2, -0.15) is 4.98 Å². The van der Waals surface area contributed by atoms with Crippen LogP contribution in [0.2, 0.25) is 0 Å². The average Bonchev–Trinajstić information content (AvgIpc) is 2.51. The summed E-state index contributed by atoms with van der Waals surface area (Å²) >= 11 is 1.39. The molecule has 2 rings (SSSR count). The van der Waals surface area contributed by atoms with Gasteiger partial charge in [-0.1, -0.05) is 23.5 Å². The molecule has 0 atom stereocenters. The summed E-state index contributed by atoms with van der Waals surface area (Å²) in [6.07, 6.45) is 0. The lowest BCUT2D eigenvalue weighted by molar-refractivity contribution is 0.479. The molecule has 0 radical (unpaired) electrons. The quantitative estimate of drug-likeness (QED) is 0.821. The van der Waals surface area contributed by atoms with Crippen LogP contribution in [0.1, 0.15) is 5.56 Å². The highest BCUT2D eigenvalue weighted by atomic mass is 32.1. The van der Waals surface area contributed by atoms with E-state index < -0.39 is 0 Å². The maximum Gasteiger partial charge on any atom is 0.280 e. The smallest absolute Gasteiger partial charge is 0.280 e. The van der Waals surface area contributed by atoms with Crippen molar-refractivity contribution in [3.63, 3.8) is 0 Å². The molecule has 1 aromatic heterocycles. The van der Waals surface area contributed by atoms with Crippen molar-refractivity contribution in [2.24, 2.45) is 0 Å². The van der Waals surface area contributed by atoms with E-state index in [-0.39, 0.29) is 0 Å². The zero-order valence-corrected chi connectivity index (χ0v) is 8.54. The standard InChI is InChI=1S/C10H10N2OS/c1-7-3-2-4-8(5-7)13-10-12-9(11)6-14-10/h2-6H,11H2,1H3. The molecule has 0 bridgehead atoms. The van der Waals surface area contributed by atoms with Crippen LogP contribution in [0.5, 0.6) is 10.9 Å². The zero-order chi connectivity index (χ0) is 9.97. The summed E-state index contributed by atoms with van der Waals surface area (Å²) in [6.45, 7) is 2.02. The monoisotopic (exact) mass is 206 g/mol. The lowest BCUT2D eigenvalue weighted by atomic mass is 10.2. The summed E-state index contributed by atoms with van der Waals surface area (Å²) < 4.78 is 5.51. The molecule has 1 aromatic carbocycles. The van der Waals surface area contributed by atoms with Gasteiger partial charge in [0.25, 0.3) is 5.19 Å². The molecule has 2 N–H and O–H groups in total. The Morgan fingerprint density at radius 2 is 2.29 bits per heavy atom. The lowest BCUT2D eigenvalue weighted by Crippen LogP contribution is -1.86. The van der Waals surface area contributed by atoms with Crippen molar-refractivity contribution in [2.45, 2.75) is 6.92 Å². The van der Waals surface area contributed by atoms with Crippen LogP contribution in [0.4, 0.5) is 5.82 Å². The molecule has 14 heavy (non-hydrogen) atoms. The third-order valence-electron chi connectivity index (χ3n) is 1.70. The summed E-state index contributed by atoms with van der Waals surface area (Å²) in [5.41, 5.74) is 6.64. The van der Waals surface area contributed by atoms with E-state index in [0.29, 0.717) is 11.0 Å². The van der Waals surface area contributed by atoms with Gasteiger partial charge in [0, 0.05) is 5.38 Å². The van der Waals surface area contributed by atoms with Crippen molar-refractivity contribution in [3.8, 4) is 10.9 Å². The fraction of sp³-hybridized carbons (Fsp3) is 0.100. The van der Waals surface area contributed by atoms with Crippen LogP contribution < -0.4 is 10.5 Å². The number of benzene rings is 1. The third-order valence-corrected chi connectivity index (χ3v) is 2.43. The van der Waals surface area contributed by atoms with Crippen LogP contribution in [0.25, 0.3) is 0 Å². The molecule has 0 spiro atoms. The Balaban J connectivity index is 2.18. The highest BCUT2D eigenvalue weighted by Crippen LogP contribution is 2.26. The second-order valence-corrected chi connectivity index (χ2v) is 3.78. The van der Waals surface area contributed by atoms with Crippen LogP contribution in [0.15, 0.2) is 29.6 Å². The van der Waals surface area contributed by atoms with Crippen molar-refractivity contribution in [3.05, 3.63) is 35.2 Å². The van der Waals surface area contributed by atoms with Crippen molar-refractivity contribution in [2.75, 3.05) is 5.73 Å². The van der Waals surface area contributed by atoms with Gasteiger partial charge in [0.1, 0.15) is 11.6 Å². The largest absolute Gasteiger partial charge is 0.431 e. The number of nitrogens with zero attached hydrogens (tertiary/aromatic N) is 1. The van der Waals surface area contributed by atoms with E-state index >= 15 is 0 Å². The van der Waals surface area contributed by atoms with Gasteiger partial charge in [0.2, 0.25) is 0 Å². The van der Waals surface area contributed by atoms with Gasteiger partial charge in [0.15, 0.2) is 0 Å². The van der Waals surface area contributed by atoms with Gasteiger partial charge in [-0.05, 0) is 24.6 Å². The van der Waals surface area contributed by atoms with Crippen LogP contribution in [0, 0.1) is 6.92 Å². The maximum absolute atomic E-state index is 5.51. The number of nitrogen functional groups attached to an aromatic ring is 1. The summed E-state index contributed by atoms with van der Waals surface area (Å²) in [6, 6.07) is 7.81. The number of aryl methyl sites for hydroxylation is 1. The minimum atomic E-state index is 0.498. The summed E-state index contributed by atoms with van der Waals surface area (Å²) in [5, 5.41) is 2.33. The molecule has 0 fully saturated rings. The second kappa shape index (κ2) is 3.67. The van der Waals surface area contributed by atoms with Crippen molar-refractivity contribution >= 4 is 17.2 Å². The maximum atomic E-state index is 5.51. The third kappa shape index (κ3) is 2.03. The van der Waals surface area contributed by atoms with E-state index in [1.54, 1.807) is 5.38 Å². The molecule has 4 heteroatoms. The Morgan fingerprint density at radius 1 is 1.43 bits per heavy atom. The van der Waals surface area contributed by atoms with Crippen LogP contribution in [-0.4, -0.2) is 4.98 Å². The first kappa shape index (κ1) is 9.02. The second-order valence-electron chi connectivity index (χ2n) is 2.96. The molecule has 0 aliphatic carbocycles. The van der Waals surface area contributed by atoms with Gasteiger partial charge < -0.3 is 10.5 Å². The first-order valence-corrected chi connectivity index (χ1v) is 5.07. The van der Waals surface area contributed by atoms with Gasteiger partial charge in [-0.25, -0.2) is 0 Å². The van der Waals surface area contributed by atoms with E-state index in [2.05, 4.69) is 4.98 Å². The minimum absolute atomic E-state index is 0.498. The molecular weight excluding hydrogens is 196 g/mol. The van der Waals surface area contributed by atoms with Gasteiger partial charge in [0.05, 0.1) is 0 Å². The predicted octanol–water partition coefficient (Wildman–Crippen LogP) is 2.83. The number of nitrogens with two attached hydrogens (primary N) is 1. The van der Waals surface area contributed by atoms with E-state index in [1.807, 2.05) is 31.2 Å². The van der Waals surface area contributed by atoms with E-state index in [0.717, 1.165) is 11.3 Å². The Morgan fingerprint density at radius 3 is 2.93 bits per heavy atom. The SMILES string of the molecule is Cc1cccc(Oc2nc(N)cs2)c1. The molecule has 0 amide bonds. The molecule has 72 valence electrons. The summed E-state index contributed by atoms with van der Waals surface area (Å²) in [5.74, 6) is 1.29. The minimum Gasteiger partial charge on any atom is -0.431 e. The van der Waals surface area contributed by atoms with E-state index in [4.69, 9.17) is 10.5 Å². The molecule has 1 heterocycles. The normalized spacial score (nSPS) is 10.1. The number of thiazole rings is 1. The Hall–Kier alpha value is -1.55. The topological polar surface area (TPSA) is 48.1 Å². The lowest BCUT2D eigenvalue weighted by Gasteiger charge is -2.01. The number of rotatable bonds is 2. The predicted molar refractivity (Wildman–Crippen MR) is 57.8 cm³/mol. The number of anilines is 1. The molecule has 0 aliphatic heterocycles. The number of aromatic nitrogens is 1. The van der Waals surface area contributed by atoms with E-state index in [9.17, 15) is 0 Å². The number of hydrogen-bond acceptors (Lipinski definition) is 4. The molecule has 0 saturated carbocycles. The Labute approximate surface area is 86.2 Å². The Kier molecular flexibility index (Phi) is 2.37. The van der Waals surface area contributed by atoms with Gasteiger partial charge in [-0.15, -0.1) is 0 Å². The number of hydrogen-bond donors (Lipinski definition) is 1. The molecule has 2 aromatic rings. The highest BCUT2D eigenvalue weighted by molar-refractivity contribution is 7.11. The fourth-order valence-corrected chi connectivity index (χ4v) is 1.67. The van der Waals surface area contributed by atoms with Crippen LogP contribution >= 0.6 is 11.3 Å². The molecule has 0 aliphatic rings. The fourth-order valence-electron chi connectivity index (χ4n) is 1.10. The molecule has 0 saturated heterocycles. The summed E-state index contributed by atoms with van der Waals surface area (Å²) in [4.78, 5) is 4.01. The van der Waals surface area contributed by atoms with Crippen molar-refractivity contribution in [1.29, 1.82) is 0 Å². The number of ether oxygens (including phenoxy) is 1. The van der Waals surface area contributed by atoms with Crippen LogP contribution in [-0.2, 0) is 0 Å².